The molecule has 0 aliphatic carbocycles. The van der Waals surface area contributed by atoms with Crippen LogP contribution in [0.1, 0.15) is 31.5 Å². The Bertz CT molecular complexity index is 1460. The molecule has 1 aromatic carbocycles. The number of amides is 1. The molecule has 0 radical (unpaired) electrons. The topological polar surface area (TPSA) is 85.6 Å². The van der Waals surface area contributed by atoms with Crippen molar-refractivity contribution in [1.29, 1.82) is 0 Å². The van der Waals surface area contributed by atoms with Gasteiger partial charge < -0.3 is 10.1 Å². The number of carbonyl (C=O) groups excluding carboxylic acids is 2. The van der Waals surface area contributed by atoms with Gasteiger partial charge in [0.15, 0.2) is 11.3 Å². The summed E-state index contributed by atoms with van der Waals surface area (Å²) in [4.78, 5) is 28.5. The van der Waals surface area contributed by atoms with Gasteiger partial charge in [-0.15, -0.1) is 11.3 Å². The first kappa shape index (κ1) is 23.8. The molecule has 178 valence electrons. The van der Waals surface area contributed by atoms with Gasteiger partial charge in [0.05, 0.1) is 12.1 Å². The molecule has 1 amide bonds. The summed E-state index contributed by atoms with van der Waals surface area (Å²) in [6, 6.07) is 6.09. The maximum absolute atomic E-state index is 14.0. The van der Waals surface area contributed by atoms with Crippen molar-refractivity contribution in [1.82, 2.24) is 14.6 Å². The lowest BCUT2D eigenvalue weighted by Gasteiger charge is -2.20. The van der Waals surface area contributed by atoms with Crippen LogP contribution >= 0.6 is 22.9 Å². The number of hydrogen-bond acceptors (Lipinski definition) is 6. The Labute approximate surface area is 196 Å². The second-order valence-corrected chi connectivity index (χ2v) is 8.49. The van der Waals surface area contributed by atoms with Crippen LogP contribution in [0.15, 0.2) is 30.3 Å². The van der Waals surface area contributed by atoms with Gasteiger partial charge in [0, 0.05) is 27.5 Å². The minimum absolute atomic E-state index is 0.111. The van der Waals surface area contributed by atoms with Crippen molar-refractivity contribution in [2.75, 3.05) is 12.4 Å². The van der Waals surface area contributed by atoms with E-state index in [4.69, 9.17) is 11.6 Å². The number of methoxy groups -OCH3 is 1. The van der Waals surface area contributed by atoms with Crippen molar-refractivity contribution >= 4 is 56.2 Å². The summed E-state index contributed by atoms with van der Waals surface area (Å²) >= 11 is 7.22. The highest BCUT2D eigenvalue weighted by molar-refractivity contribution is 7.21. The molecule has 4 aromatic rings. The van der Waals surface area contributed by atoms with Crippen molar-refractivity contribution in [2.45, 2.75) is 19.0 Å². The number of alkyl halides is 5. The molecule has 0 bridgehead atoms. The number of ether oxygens (including phenoxy) is 1. The third-order valence-electron chi connectivity index (χ3n) is 4.72. The van der Waals surface area contributed by atoms with Crippen molar-refractivity contribution in [3.8, 4) is 0 Å². The van der Waals surface area contributed by atoms with Gasteiger partial charge in [-0.05, 0) is 31.2 Å². The molecular formula is C20H12ClF5N4O3S. The molecule has 0 aliphatic heterocycles. The molecule has 3 aromatic heterocycles. The predicted octanol–water partition coefficient (Wildman–Crippen LogP) is 5.60. The molecule has 0 aliphatic rings. The van der Waals surface area contributed by atoms with Gasteiger partial charge in [0.2, 0.25) is 0 Å². The Balaban J connectivity index is 1.69. The second-order valence-electron chi connectivity index (χ2n) is 7.06. The maximum Gasteiger partial charge on any atom is 0.459 e. The van der Waals surface area contributed by atoms with Crippen LogP contribution in [0.25, 0.3) is 15.7 Å². The van der Waals surface area contributed by atoms with E-state index in [0.717, 1.165) is 17.4 Å². The molecule has 0 spiro atoms. The first-order chi connectivity index (χ1) is 15.8. The number of thiophene rings is 1. The summed E-state index contributed by atoms with van der Waals surface area (Å²) in [5.74, 6) is -6.73. The molecule has 0 fully saturated rings. The third-order valence-corrected chi connectivity index (χ3v) is 6.36. The van der Waals surface area contributed by atoms with E-state index in [9.17, 15) is 31.5 Å². The number of benzene rings is 1. The molecule has 4 rings (SSSR count). The van der Waals surface area contributed by atoms with E-state index in [0.29, 0.717) is 20.7 Å². The highest BCUT2D eigenvalue weighted by atomic mass is 35.5. The highest BCUT2D eigenvalue weighted by Crippen LogP contribution is 2.44. The summed E-state index contributed by atoms with van der Waals surface area (Å²) in [5, 5.41) is 6.83. The van der Waals surface area contributed by atoms with Gasteiger partial charge in [-0.3, -0.25) is 4.79 Å². The maximum atomic E-state index is 14.0. The number of hydrogen-bond donors (Lipinski definition) is 1. The monoisotopic (exact) mass is 518 g/mol. The fourth-order valence-electron chi connectivity index (χ4n) is 3.14. The van der Waals surface area contributed by atoms with Crippen LogP contribution in [0.2, 0.25) is 5.02 Å². The van der Waals surface area contributed by atoms with Crippen LogP contribution in [0.5, 0.6) is 0 Å². The Kier molecular flexibility index (Phi) is 5.72. The van der Waals surface area contributed by atoms with Crippen LogP contribution in [0.3, 0.4) is 0 Å². The standard InChI is InChI=1S/C20H12ClF5N4O3S/c1-8-5-13(19(22,23)20(24,25)26)30-14(27-8)7-11(29-30)17(31)28-9-3-4-10-12(6-9)34-16(15(10)21)18(32)33-2/h3-7H,1-2H3,(H,28,31). The molecule has 0 unspecified atom stereocenters. The average Bonchev–Trinajstić information content (AvgIpc) is 3.32. The van der Waals surface area contributed by atoms with Gasteiger partial charge in [0.25, 0.3) is 5.91 Å². The lowest BCUT2D eigenvalue weighted by Crippen LogP contribution is -2.36. The number of anilines is 1. The summed E-state index contributed by atoms with van der Waals surface area (Å²) in [7, 11) is 1.20. The molecule has 34 heavy (non-hydrogen) atoms. The van der Waals surface area contributed by atoms with Crippen LogP contribution in [-0.4, -0.2) is 39.8 Å². The largest absolute Gasteiger partial charge is 0.465 e. The summed E-state index contributed by atoms with van der Waals surface area (Å²) in [6.45, 7) is 1.24. The fourth-order valence-corrected chi connectivity index (χ4v) is 4.61. The fraction of sp³-hybridized carbons (Fsp3) is 0.200. The van der Waals surface area contributed by atoms with Crippen LogP contribution in [0.4, 0.5) is 27.6 Å². The summed E-state index contributed by atoms with van der Waals surface area (Å²) in [5.41, 5.74) is -2.12. The van der Waals surface area contributed by atoms with E-state index in [2.05, 4.69) is 20.1 Å². The molecular weight excluding hydrogens is 507 g/mol. The Hall–Kier alpha value is -3.32. The highest BCUT2D eigenvalue weighted by Gasteiger charge is 2.60. The first-order valence-corrected chi connectivity index (χ1v) is 10.5. The molecule has 7 nitrogen and oxygen atoms in total. The number of esters is 1. The summed E-state index contributed by atoms with van der Waals surface area (Å²) < 4.78 is 72.4. The van der Waals surface area contributed by atoms with Gasteiger partial charge in [0.1, 0.15) is 10.6 Å². The van der Waals surface area contributed by atoms with Crippen molar-refractivity contribution in [2.24, 2.45) is 0 Å². The number of nitrogens with one attached hydrogen (secondary N) is 1. The van der Waals surface area contributed by atoms with Crippen LogP contribution in [0, 0.1) is 6.92 Å². The molecule has 1 N–H and O–H groups in total. The van der Waals surface area contributed by atoms with E-state index >= 15 is 0 Å². The number of halogens is 6. The quantitative estimate of drug-likeness (QED) is 0.281. The van der Waals surface area contributed by atoms with Crippen molar-refractivity contribution < 1.29 is 36.3 Å². The van der Waals surface area contributed by atoms with Gasteiger partial charge in [-0.1, -0.05) is 11.6 Å². The van der Waals surface area contributed by atoms with Crippen molar-refractivity contribution in [3.05, 3.63) is 57.3 Å². The first-order valence-electron chi connectivity index (χ1n) is 9.27. The number of rotatable bonds is 4. The average molecular weight is 519 g/mol. The molecule has 0 atom stereocenters. The molecule has 0 saturated carbocycles. The Morgan fingerprint density at radius 3 is 2.50 bits per heavy atom. The lowest BCUT2D eigenvalue weighted by molar-refractivity contribution is -0.291. The minimum Gasteiger partial charge on any atom is -0.465 e. The van der Waals surface area contributed by atoms with E-state index < -0.39 is 35.4 Å². The number of carbonyl (C=O) groups is 2. The van der Waals surface area contributed by atoms with E-state index in [1.807, 2.05) is 0 Å². The number of fused-ring (bicyclic) bond motifs is 2. The van der Waals surface area contributed by atoms with E-state index in [1.165, 1.54) is 26.2 Å². The van der Waals surface area contributed by atoms with Crippen LogP contribution < -0.4 is 5.32 Å². The Morgan fingerprint density at radius 1 is 1.15 bits per heavy atom. The minimum atomic E-state index is -5.87. The molecule has 3 heterocycles. The number of nitrogens with zero attached hydrogens (tertiary/aromatic N) is 3. The van der Waals surface area contributed by atoms with Gasteiger partial charge in [-0.2, -0.15) is 27.1 Å². The van der Waals surface area contributed by atoms with E-state index in [-0.39, 0.29) is 26.9 Å². The lowest BCUT2D eigenvalue weighted by atomic mass is 10.2. The van der Waals surface area contributed by atoms with Gasteiger partial charge >= 0.3 is 18.1 Å². The van der Waals surface area contributed by atoms with Gasteiger partial charge in [-0.25, -0.2) is 14.3 Å². The molecule has 14 heteroatoms. The molecule has 0 saturated heterocycles. The summed E-state index contributed by atoms with van der Waals surface area (Å²) in [6.07, 6.45) is -5.87. The normalized spacial score (nSPS) is 12.4. The van der Waals surface area contributed by atoms with E-state index in [1.54, 1.807) is 6.07 Å². The zero-order valence-corrected chi connectivity index (χ0v) is 18.7. The Morgan fingerprint density at radius 2 is 1.85 bits per heavy atom. The van der Waals surface area contributed by atoms with Crippen LogP contribution in [-0.2, 0) is 10.7 Å². The zero-order chi connectivity index (χ0) is 25.0. The van der Waals surface area contributed by atoms with Crippen molar-refractivity contribution in [3.63, 3.8) is 0 Å². The predicted molar refractivity (Wildman–Crippen MR) is 114 cm³/mol. The SMILES string of the molecule is COC(=O)c1sc2cc(NC(=O)c3cc4nc(C)cc(C(F)(F)C(F)(F)F)n4n3)ccc2c1Cl. The smallest absolute Gasteiger partial charge is 0.459 e. The second kappa shape index (κ2) is 8.17. The number of aromatic nitrogens is 3. The number of aryl methyl sites for hydroxylation is 1. The zero-order valence-electron chi connectivity index (χ0n) is 17.1. The third kappa shape index (κ3) is 3.94.